The number of alkyl halides is 2. The molecule has 1 N–H and O–H groups in total. The molecular weight excluding hydrogens is 282 g/mol. The summed E-state index contributed by atoms with van der Waals surface area (Å²) in [6.45, 7) is -0.428. The minimum atomic E-state index is -2.53. The Balaban J connectivity index is 2.60. The quantitative estimate of drug-likeness (QED) is 0.432. The predicted molar refractivity (Wildman–Crippen MR) is 63.7 cm³/mol. The molecule has 0 saturated carbocycles. The first-order chi connectivity index (χ1) is 8.99. The molecule has 106 valence electrons. The minimum absolute atomic E-state index is 0.0233. The van der Waals surface area contributed by atoms with Gasteiger partial charge in [0.2, 0.25) is 0 Å². The molecule has 0 bridgehead atoms. The smallest absolute Gasteiger partial charge is 0.313 e. The van der Waals surface area contributed by atoms with E-state index in [9.17, 15) is 18.4 Å². The maximum absolute atomic E-state index is 11.8. The third-order valence-electron chi connectivity index (χ3n) is 1.89. The first-order valence-electron chi connectivity index (χ1n) is 5.27. The fraction of sp³-hybridized carbons (Fsp3) is 0.500. The lowest BCUT2D eigenvalue weighted by Crippen LogP contribution is -2.17. The second-order valence-corrected chi connectivity index (χ2v) is 4.33. The topological polar surface area (TPSA) is 81.4 Å². The van der Waals surface area contributed by atoms with Crippen molar-refractivity contribution in [3.05, 3.63) is 22.6 Å². The molecule has 0 aromatic carbocycles. The van der Waals surface area contributed by atoms with Crippen molar-refractivity contribution in [2.45, 2.75) is 18.1 Å². The Hall–Kier alpha value is -1.48. The first kappa shape index (κ1) is 15.6. The van der Waals surface area contributed by atoms with Crippen LogP contribution in [0.4, 0.5) is 8.78 Å². The number of rotatable bonds is 8. The van der Waals surface area contributed by atoms with Gasteiger partial charge >= 0.3 is 5.97 Å². The van der Waals surface area contributed by atoms with Gasteiger partial charge in [-0.05, 0) is 0 Å². The highest BCUT2D eigenvalue weighted by molar-refractivity contribution is 7.99. The third kappa shape index (κ3) is 6.30. The second-order valence-electron chi connectivity index (χ2n) is 3.39. The highest BCUT2D eigenvalue weighted by Gasteiger charge is 2.07. The summed E-state index contributed by atoms with van der Waals surface area (Å²) in [5.41, 5.74) is -0.488. The van der Waals surface area contributed by atoms with Gasteiger partial charge in [-0.15, -0.1) is 0 Å². The van der Waals surface area contributed by atoms with Crippen LogP contribution in [0.15, 0.2) is 22.2 Å². The van der Waals surface area contributed by atoms with Gasteiger partial charge in [0, 0.05) is 18.8 Å². The molecule has 1 heterocycles. The number of ether oxygens (including phenoxy) is 1. The summed E-state index contributed by atoms with van der Waals surface area (Å²) < 4.78 is 29.9. The second kappa shape index (κ2) is 7.85. The van der Waals surface area contributed by atoms with Crippen LogP contribution in [-0.2, 0) is 16.1 Å². The Morgan fingerprint density at radius 3 is 2.95 bits per heavy atom. The van der Waals surface area contributed by atoms with E-state index in [0.717, 1.165) is 11.8 Å². The molecular formula is C10H12F2N2O4S. The van der Waals surface area contributed by atoms with E-state index in [1.54, 1.807) is 0 Å². The lowest BCUT2D eigenvalue weighted by molar-refractivity contribution is -0.133. The van der Waals surface area contributed by atoms with Crippen LogP contribution in [0.2, 0.25) is 0 Å². The van der Waals surface area contributed by atoms with Gasteiger partial charge in [0.25, 0.3) is 12.0 Å². The van der Waals surface area contributed by atoms with Gasteiger partial charge in [0.1, 0.15) is 6.61 Å². The van der Waals surface area contributed by atoms with E-state index in [2.05, 4.69) is 4.98 Å². The van der Waals surface area contributed by atoms with Gasteiger partial charge in [-0.1, -0.05) is 11.8 Å². The predicted octanol–water partition coefficient (Wildman–Crippen LogP) is 0.702. The van der Waals surface area contributed by atoms with E-state index in [1.807, 2.05) is 0 Å². The van der Waals surface area contributed by atoms with Gasteiger partial charge in [0.15, 0.2) is 5.16 Å². The monoisotopic (exact) mass is 294 g/mol. The Kier molecular flexibility index (Phi) is 6.43. The standard InChI is InChI=1S/C10H12F2N2O4S/c11-7(12)5-18-4-3-14-2-1-8(15)13-10(14)19-6-9(16)17/h1-2,7H,3-6H2,(H,16,17). The molecule has 0 aliphatic carbocycles. The van der Waals surface area contributed by atoms with Crippen LogP contribution in [0.5, 0.6) is 0 Å². The van der Waals surface area contributed by atoms with Crippen LogP contribution in [0.1, 0.15) is 0 Å². The van der Waals surface area contributed by atoms with E-state index < -0.39 is 24.6 Å². The van der Waals surface area contributed by atoms with Gasteiger partial charge in [-0.3, -0.25) is 9.59 Å². The molecule has 1 aromatic rings. The Labute approximate surface area is 111 Å². The Bertz CT molecular complexity index is 481. The van der Waals surface area contributed by atoms with Crippen molar-refractivity contribution in [1.82, 2.24) is 9.55 Å². The van der Waals surface area contributed by atoms with E-state index in [-0.39, 0.29) is 24.1 Å². The number of aromatic nitrogens is 2. The van der Waals surface area contributed by atoms with Crippen LogP contribution in [0, 0.1) is 0 Å². The number of carboxylic acid groups (broad SMARTS) is 1. The average Bonchev–Trinajstić information content (AvgIpc) is 2.33. The van der Waals surface area contributed by atoms with Gasteiger partial charge in [0.05, 0.1) is 12.4 Å². The number of hydrogen-bond donors (Lipinski definition) is 1. The fourth-order valence-electron chi connectivity index (χ4n) is 1.16. The zero-order valence-corrected chi connectivity index (χ0v) is 10.6. The molecule has 0 amide bonds. The van der Waals surface area contributed by atoms with Crippen molar-refractivity contribution < 1.29 is 23.4 Å². The van der Waals surface area contributed by atoms with Crippen molar-refractivity contribution in [1.29, 1.82) is 0 Å². The lowest BCUT2D eigenvalue weighted by atomic mass is 10.6. The summed E-state index contributed by atoms with van der Waals surface area (Å²) in [6, 6.07) is 1.21. The summed E-state index contributed by atoms with van der Waals surface area (Å²) in [4.78, 5) is 25.2. The number of nitrogens with zero attached hydrogens (tertiary/aromatic N) is 2. The summed E-state index contributed by atoms with van der Waals surface area (Å²) in [5, 5.41) is 8.78. The zero-order chi connectivity index (χ0) is 14.3. The molecule has 19 heavy (non-hydrogen) atoms. The van der Waals surface area contributed by atoms with Crippen LogP contribution >= 0.6 is 11.8 Å². The molecule has 0 aliphatic rings. The Morgan fingerprint density at radius 2 is 2.32 bits per heavy atom. The van der Waals surface area contributed by atoms with Crippen molar-refractivity contribution in [2.24, 2.45) is 0 Å². The molecule has 0 fully saturated rings. The minimum Gasteiger partial charge on any atom is -0.481 e. The van der Waals surface area contributed by atoms with Gasteiger partial charge < -0.3 is 14.4 Å². The van der Waals surface area contributed by atoms with E-state index in [4.69, 9.17) is 9.84 Å². The average molecular weight is 294 g/mol. The van der Waals surface area contributed by atoms with Gasteiger partial charge in [-0.2, -0.15) is 4.98 Å². The zero-order valence-electron chi connectivity index (χ0n) is 9.79. The van der Waals surface area contributed by atoms with Crippen molar-refractivity contribution in [2.75, 3.05) is 19.0 Å². The number of halogens is 2. The van der Waals surface area contributed by atoms with E-state index in [0.29, 0.717) is 0 Å². The number of hydrogen-bond acceptors (Lipinski definition) is 5. The molecule has 9 heteroatoms. The molecule has 0 aliphatic heterocycles. The fourth-order valence-corrected chi connectivity index (χ4v) is 1.89. The molecule has 1 rings (SSSR count). The van der Waals surface area contributed by atoms with Crippen molar-refractivity contribution >= 4 is 17.7 Å². The number of carbonyl (C=O) groups is 1. The van der Waals surface area contributed by atoms with E-state index >= 15 is 0 Å². The van der Waals surface area contributed by atoms with Crippen LogP contribution in [0.3, 0.4) is 0 Å². The summed E-state index contributed by atoms with van der Waals surface area (Å²) in [5.74, 6) is -1.28. The van der Waals surface area contributed by atoms with Gasteiger partial charge in [-0.25, -0.2) is 8.78 Å². The maximum Gasteiger partial charge on any atom is 0.313 e. The summed E-state index contributed by atoms with van der Waals surface area (Å²) >= 11 is 0.882. The maximum atomic E-state index is 11.8. The molecule has 6 nitrogen and oxygen atoms in total. The molecule has 0 unspecified atom stereocenters. The largest absolute Gasteiger partial charge is 0.481 e. The Morgan fingerprint density at radius 1 is 1.58 bits per heavy atom. The van der Waals surface area contributed by atoms with Crippen LogP contribution in [0.25, 0.3) is 0 Å². The van der Waals surface area contributed by atoms with Crippen LogP contribution < -0.4 is 5.56 Å². The number of carboxylic acids is 1. The van der Waals surface area contributed by atoms with E-state index in [1.165, 1.54) is 16.8 Å². The van der Waals surface area contributed by atoms with Crippen molar-refractivity contribution in [3.8, 4) is 0 Å². The molecule has 0 radical (unpaired) electrons. The molecule has 0 saturated heterocycles. The molecule has 0 spiro atoms. The van der Waals surface area contributed by atoms with Crippen molar-refractivity contribution in [3.63, 3.8) is 0 Å². The summed E-state index contributed by atoms with van der Waals surface area (Å²) in [7, 11) is 0. The summed E-state index contributed by atoms with van der Waals surface area (Å²) in [6.07, 6.45) is -1.11. The molecule has 1 aromatic heterocycles. The number of thioether (sulfide) groups is 1. The lowest BCUT2D eigenvalue weighted by Gasteiger charge is -2.11. The highest BCUT2D eigenvalue weighted by atomic mass is 32.2. The number of aliphatic carboxylic acids is 1. The SMILES string of the molecule is O=C(O)CSc1nc(=O)ccn1CCOCC(F)F. The third-order valence-corrected chi connectivity index (χ3v) is 2.87. The highest BCUT2D eigenvalue weighted by Crippen LogP contribution is 2.13. The normalized spacial score (nSPS) is 10.9. The van der Waals surface area contributed by atoms with Crippen LogP contribution in [-0.4, -0.2) is 46.0 Å². The molecule has 0 atom stereocenters. The first-order valence-corrected chi connectivity index (χ1v) is 6.25.